The fourth-order valence-corrected chi connectivity index (χ4v) is 2.67. The molecule has 8 heteroatoms. The van der Waals surface area contributed by atoms with Crippen molar-refractivity contribution in [2.75, 3.05) is 13.7 Å². The molecule has 0 aliphatic rings. The Bertz CT molecular complexity index is 803. The predicted octanol–water partition coefficient (Wildman–Crippen LogP) is 1.38. The van der Waals surface area contributed by atoms with Gasteiger partial charge in [0.15, 0.2) is 0 Å². The summed E-state index contributed by atoms with van der Waals surface area (Å²) in [4.78, 5) is 11.8. The third kappa shape index (κ3) is 6.09. The van der Waals surface area contributed by atoms with Gasteiger partial charge in [-0.05, 0) is 41.8 Å². The highest BCUT2D eigenvalue weighted by molar-refractivity contribution is 7.89. The molecule has 0 heterocycles. The van der Waals surface area contributed by atoms with Gasteiger partial charge in [0.05, 0.1) is 12.0 Å². The maximum Gasteiger partial charge on any atom is 0.315 e. The van der Waals surface area contributed by atoms with Crippen molar-refractivity contribution < 1.29 is 17.9 Å². The molecule has 2 aromatic carbocycles. The monoisotopic (exact) mass is 363 g/mol. The van der Waals surface area contributed by atoms with E-state index in [9.17, 15) is 13.2 Å². The lowest BCUT2D eigenvalue weighted by Gasteiger charge is -2.08. The van der Waals surface area contributed by atoms with Crippen molar-refractivity contribution in [1.29, 1.82) is 0 Å². The van der Waals surface area contributed by atoms with Gasteiger partial charge in [0.1, 0.15) is 5.75 Å². The van der Waals surface area contributed by atoms with E-state index in [0.29, 0.717) is 19.5 Å². The highest BCUT2D eigenvalue weighted by Gasteiger charge is 2.07. The zero-order valence-corrected chi connectivity index (χ0v) is 14.7. The summed E-state index contributed by atoms with van der Waals surface area (Å²) >= 11 is 0. The van der Waals surface area contributed by atoms with Crippen LogP contribution < -0.4 is 20.5 Å². The van der Waals surface area contributed by atoms with Crippen LogP contribution in [0.3, 0.4) is 0 Å². The number of sulfonamides is 1. The first-order valence-corrected chi connectivity index (χ1v) is 9.19. The number of carbonyl (C=O) groups excluding carboxylic acids is 1. The first-order valence-electron chi connectivity index (χ1n) is 7.65. The van der Waals surface area contributed by atoms with E-state index in [0.717, 1.165) is 16.9 Å². The van der Waals surface area contributed by atoms with Gasteiger partial charge in [-0.1, -0.05) is 24.3 Å². The van der Waals surface area contributed by atoms with Crippen LogP contribution in [0, 0.1) is 0 Å². The van der Waals surface area contributed by atoms with E-state index in [1.807, 2.05) is 24.3 Å². The Kier molecular flexibility index (Phi) is 6.37. The van der Waals surface area contributed by atoms with Crippen molar-refractivity contribution in [2.24, 2.45) is 5.14 Å². The number of ether oxygens (including phenoxy) is 1. The van der Waals surface area contributed by atoms with E-state index in [-0.39, 0.29) is 10.9 Å². The van der Waals surface area contributed by atoms with Crippen molar-refractivity contribution in [3.05, 3.63) is 59.7 Å². The number of rotatable bonds is 7. The minimum Gasteiger partial charge on any atom is -0.497 e. The second-order valence-corrected chi connectivity index (χ2v) is 6.96. The first kappa shape index (κ1) is 18.8. The van der Waals surface area contributed by atoms with Crippen LogP contribution in [0.25, 0.3) is 0 Å². The highest BCUT2D eigenvalue weighted by Crippen LogP contribution is 2.11. The molecule has 2 rings (SSSR count). The number of amides is 2. The molecular formula is C17H21N3O4S. The van der Waals surface area contributed by atoms with Crippen LogP contribution in [0.1, 0.15) is 11.1 Å². The van der Waals surface area contributed by atoms with E-state index in [4.69, 9.17) is 9.88 Å². The predicted molar refractivity (Wildman–Crippen MR) is 94.8 cm³/mol. The average molecular weight is 363 g/mol. The molecule has 0 unspecified atom stereocenters. The number of hydrogen-bond donors (Lipinski definition) is 3. The van der Waals surface area contributed by atoms with Crippen molar-refractivity contribution in [3.63, 3.8) is 0 Å². The summed E-state index contributed by atoms with van der Waals surface area (Å²) in [6.07, 6.45) is 0.709. The fourth-order valence-electron chi connectivity index (χ4n) is 2.15. The SMILES string of the molecule is COc1ccc(CCNC(=O)NCc2ccc(S(N)(=O)=O)cc2)cc1. The van der Waals surface area contributed by atoms with Gasteiger partial charge in [-0.2, -0.15) is 0 Å². The molecule has 25 heavy (non-hydrogen) atoms. The topological polar surface area (TPSA) is 111 Å². The lowest BCUT2D eigenvalue weighted by Crippen LogP contribution is -2.36. The van der Waals surface area contributed by atoms with Crippen LogP contribution >= 0.6 is 0 Å². The third-order valence-electron chi connectivity index (χ3n) is 3.56. The number of nitrogens with two attached hydrogens (primary N) is 1. The second kappa shape index (κ2) is 8.50. The van der Waals surface area contributed by atoms with E-state index in [1.165, 1.54) is 12.1 Å². The van der Waals surface area contributed by atoms with Crippen LogP contribution in [-0.4, -0.2) is 28.1 Å². The number of methoxy groups -OCH3 is 1. The molecule has 0 aromatic heterocycles. The summed E-state index contributed by atoms with van der Waals surface area (Å²) in [5.74, 6) is 0.794. The minimum absolute atomic E-state index is 0.0418. The standard InChI is InChI=1S/C17H21N3O4S/c1-24-15-6-2-13(3-7-15)10-11-19-17(21)20-12-14-4-8-16(9-5-14)25(18,22)23/h2-9H,10-12H2,1H3,(H2,18,22,23)(H2,19,20,21). The number of carbonyl (C=O) groups is 1. The van der Waals surface area contributed by atoms with Crippen LogP contribution in [0.5, 0.6) is 5.75 Å². The van der Waals surface area contributed by atoms with Gasteiger partial charge in [0.2, 0.25) is 10.0 Å². The molecule has 0 aliphatic heterocycles. The molecule has 0 radical (unpaired) electrons. The number of hydrogen-bond acceptors (Lipinski definition) is 4. The molecular weight excluding hydrogens is 342 g/mol. The van der Waals surface area contributed by atoms with Gasteiger partial charge in [-0.25, -0.2) is 18.4 Å². The largest absolute Gasteiger partial charge is 0.497 e. The Morgan fingerprint density at radius 1 is 1.00 bits per heavy atom. The second-order valence-electron chi connectivity index (χ2n) is 5.40. The highest BCUT2D eigenvalue weighted by atomic mass is 32.2. The van der Waals surface area contributed by atoms with Crippen molar-refractivity contribution in [1.82, 2.24) is 10.6 Å². The minimum atomic E-state index is -3.70. The van der Waals surface area contributed by atoms with Crippen molar-refractivity contribution in [2.45, 2.75) is 17.9 Å². The molecule has 4 N–H and O–H groups in total. The molecule has 0 saturated heterocycles. The summed E-state index contributed by atoms with van der Waals surface area (Å²) in [7, 11) is -2.09. The van der Waals surface area contributed by atoms with Crippen LogP contribution in [0.15, 0.2) is 53.4 Å². The van der Waals surface area contributed by atoms with Crippen LogP contribution in [0.2, 0.25) is 0 Å². The van der Waals surface area contributed by atoms with E-state index in [2.05, 4.69) is 10.6 Å². The van der Waals surface area contributed by atoms with Gasteiger partial charge in [0.25, 0.3) is 0 Å². The number of primary sulfonamides is 1. The Morgan fingerprint density at radius 3 is 2.16 bits per heavy atom. The van der Waals surface area contributed by atoms with E-state index < -0.39 is 10.0 Å². The maximum absolute atomic E-state index is 11.8. The molecule has 2 aromatic rings. The molecule has 7 nitrogen and oxygen atoms in total. The summed E-state index contributed by atoms with van der Waals surface area (Å²) in [6.45, 7) is 0.793. The molecule has 0 atom stereocenters. The summed E-state index contributed by atoms with van der Waals surface area (Å²) in [5.41, 5.74) is 1.87. The van der Waals surface area contributed by atoms with Gasteiger partial charge in [-0.15, -0.1) is 0 Å². The Labute approximate surface area is 147 Å². The molecule has 134 valence electrons. The maximum atomic E-state index is 11.8. The molecule has 0 fully saturated rings. The normalized spacial score (nSPS) is 11.0. The summed E-state index contributed by atoms with van der Waals surface area (Å²) < 4.78 is 27.4. The summed E-state index contributed by atoms with van der Waals surface area (Å²) in [5, 5.41) is 10.5. The molecule has 0 spiro atoms. The van der Waals surface area contributed by atoms with E-state index in [1.54, 1.807) is 19.2 Å². The average Bonchev–Trinajstić information content (AvgIpc) is 2.60. The van der Waals surface area contributed by atoms with E-state index >= 15 is 0 Å². The summed E-state index contributed by atoms with van der Waals surface area (Å²) in [6, 6.07) is 13.4. The van der Waals surface area contributed by atoms with Gasteiger partial charge in [-0.3, -0.25) is 0 Å². The smallest absolute Gasteiger partial charge is 0.315 e. The molecule has 0 saturated carbocycles. The molecule has 2 amide bonds. The van der Waals surface area contributed by atoms with Crippen molar-refractivity contribution in [3.8, 4) is 5.75 Å². The lowest BCUT2D eigenvalue weighted by atomic mass is 10.1. The Hall–Kier alpha value is -2.58. The molecule has 0 aliphatic carbocycles. The third-order valence-corrected chi connectivity index (χ3v) is 4.49. The van der Waals surface area contributed by atoms with Gasteiger partial charge >= 0.3 is 6.03 Å². The number of nitrogens with one attached hydrogen (secondary N) is 2. The number of benzene rings is 2. The lowest BCUT2D eigenvalue weighted by molar-refractivity contribution is 0.240. The molecule has 0 bridgehead atoms. The van der Waals surface area contributed by atoms with Crippen molar-refractivity contribution >= 4 is 16.1 Å². The van der Waals surface area contributed by atoms with Crippen LogP contribution in [-0.2, 0) is 23.0 Å². The van der Waals surface area contributed by atoms with Gasteiger partial charge in [0, 0.05) is 13.1 Å². The first-order chi connectivity index (χ1) is 11.9. The van der Waals surface area contributed by atoms with Crippen LogP contribution in [0.4, 0.5) is 4.79 Å². The quantitative estimate of drug-likeness (QED) is 0.690. The zero-order chi connectivity index (χ0) is 18.3. The Balaban J connectivity index is 1.73. The zero-order valence-electron chi connectivity index (χ0n) is 13.9. The fraction of sp³-hybridized carbons (Fsp3) is 0.235. The number of urea groups is 1. The van der Waals surface area contributed by atoms with Gasteiger partial charge < -0.3 is 15.4 Å². The Morgan fingerprint density at radius 2 is 1.60 bits per heavy atom.